The second-order valence-electron chi connectivity index (χ2n) is 3.72. The van der Waals surface area contributed by atoms with Gasteiger partial charge in [-0.1, -0.05) is 23.7 Å². The summed E-state index contributed by atoms with van der Waals surface area (Å²) in [4.78, 5) is 12.7. The van der Waals surface area contributed by atoms with Crippen molar-refractivity contribution in [1.29, 1.82) is 0 Å². The quantitative estimate of drug-likeness (QED) is 0.768. The Morgan fingerprint density at radius 1 is 1.22 bits per heavy atom. The molecule has 0 aliphatic carbocycles. The SMILES string of the molecule is CNc1ncc(Cl)c(-n2cnc3ccccc32)n1. The van der Waals surface area contributed by atoms with Crippen LogP contribution in [0.4, 0.5) is 5.95 Å². The fourth-order valence-corrected chi connectivity index (χ4v) is 1.96. The lowest BCUT2D eigenvalue weighted by Gasteiger charge is -2.07. The molecule has 0 atom stereocenters. The molecular formula is C12H10ClN5. The fraction of sp³-hybridized carbons (Fsp3) is 0.0833. The molecule has 0 bridgehead atoms. The van der Waals surface area contributed by atoms with E-state index in [0.717, 1.165) is 11.0 Å². The van der Waals surface area contributed by atoms with Crippen molar-refractivity contribution in [2.75, 3.05) is 12.4 Å². The highest BCUT2D eigenvalue weighted by Gasteiger charge is 2.10. The van der Waals surface area contributed by atoms with Crippen molar-refractivity contribution in [3.63, 3.8) is 0 Å². The Morgan fingerprint density at radius 2 is 2.06 bits per heavy atom. The number of nitrogens with zero attached hydrogens (tertiary/aromatic N) is 4. The Hall–Kier alpha value is -2.14. The standard InChI is InChI=1S/C12H10ClN5/c1-14-12-15-6-8(13)11(17-12)18-7-16-9-4-2-3-5-10(9)18/h2-7H,1H3,(H,14,15,17). The number of halogens is 1. The van der Waals surface area contributed by atoms with Gasteiger partial charge in [0.25, 0.3) is 0 Å². The number of fused-ring (bicyclic) bond motifs is 1. The van der Waals surface area contributed by atoms with Crippen LogP contribution in [0.15, 0.2) is 36.8 Å². The number of para-hydroxylation sites is 2. The summed E-state index contributed by atoms with van der Waals surface area (Å²) in [5.74, 6) is 1.14. The van der Waals surface area contributed by atoms with Crippen LogP contribution >= 0.6 is 11.6 Å². The Morgan fingerprint density at radius 3 is 2.89 bits per heavy atom. The number of hydrogen-bond donors (Lipinski definition) is 1. The van der Waals surface area contributed by atoms with Crippen molar-refractivity contribution in [2.45, 2.75) is 0 Å². The molecule has 1 N–H and O–H groups in total. The molecule has 6 heteroatoms. The highest BCUT2D eigenvalue weighted by molar-refractivity contribution is 6.32. The number of rotatable bonds is 2. The van der Waals surface area contributed by atoms with Crippen molar-refractivity contribution in [3.05, 3.63) is 41.8 Å². The lowest BCUT2D eigenvalue weighted by Crippen LogP contribution is -2.02. The zero-order chi connectivity index (χ0) is 12.5. The average Bonchev–Trinajstić information content (AvgIpc) is 2.83. The number of nitrogens with one attached hydrogen (secondary N) is 1. The first-order valence-corrected chi connectivity index (χ1v) is 5.80. The Balaban J connectivity index is 2.25. The molecule has 18 heavy (non-hydrogen) atoms. The molecule has 0 unspecified atom stereocenters. The number of anilines is 1. The van der Waals surface area contributed by atoms with Crippen LogP contribution in [0.25, 0.3) is 16.9 Å². The Labute approximate surface area is 108 Å². The van der Waals surface area contributed by atoms with Gasteiger partial charge in [0.1, 0.15) is 11.3 Å². The summed E-state index contributed by atoms with van der Waals surface area (Å²) < 4.78 is 1.85. The summed E-state index contributed by atoms with van der Waals surface area (Å²) in [6, 6.07) is 7.81. The van der Waals surface area contributed by atoms with Gasteiger partial charge in [-0.15, -0.1) is 0 Å². The van der Waals surface area contributed by atoms with Crippen LogP contribution in [0, 0.1) is 0 Å². The minimum absolute atomic E-state index is 0.483. The number of aromatic nitrogens is 4. The first-order chi connectivity index (χ1) is 8.79. The second kappa shape index (κ2) is 4.27. The molecule has 90 valence electrons. The monoisotopic (exact) mass is 259 g/mol. The minimum atomic E-state index is 0.483. The van der Waals surface area contributed by atoms with Crippen LogP contribution in [-0.2, 0) is 0 Å². The molecule has 0 amide bonds. The maximum atomic E-state index is 6.14. The molecule has 5 nitrogen and oxygen atoms in total. The molecule has 0 saturated carbocycles. The van der Waals surface area contributed by atoms with Gasteiger partial charge < -0.3 is 5.32 Å². The van der Waals surface area contributed by atoms with Crippen LogP contribution in [0.5, 0.6) is 0 Å². The molecule has 0 radical (unpaired) electrons. The molecule has 0 aliphatic heterocycles. The predicted molar refractivity (Wildman–Crippen MR) is 71.2 cm³/mol. The maximum Gasteiger partial charge on any atom is 0.224 e. The Bertz CT molecular complexity index is 707. The minimum Gasteiger partial charge on any atom is -0.357 e. The predicted octanol–water partition coefficient (Wildman–Crippen LogP) is 2.51. The van der Waals surface area contributed by atoms with Gasteiger partial charge in [0.05, 0.1) is 17.2 Å². The fourth-order valence-electron chi connectivity index (χ4n) is 1.78. The molecule has 2 heterocycles. The summed E-state index contributed by atoms with van der Waals surface area (Å²) in [7, 11) is 1.76. The number of benzene rings is 1. The lowest BCUT2D eigenvalue weighted by atomic mass is 10.3. The van der Waals surface area contributed by atoms with Gasteiger partial charge in [-0.2, -0.15) is 4.98 Å². The van der Waals surface area contributed by atoms with E-state index < -0.39 is 0 Å². The van der Waals surface area contributed by atoms with Crippen molar-refractivity contribution in [1.82, 2.24) is 19.5 Å². The molecule has 0 spiro atoms. The summed E-state index contributed by atoms with van der Waals surface area (Å²) in [5.41, 5.74) is 1.86. The van der Waals surface area contributed by atoms with Crippen LogP contribution in [0.1, 0.15) is 0 Å². The third-order valence-corrected chi connectivity index (χ3v) is 2.90. The maximum absolute atomic E-state index is 6.14. The normalized spacial score (nSPS) is 10.8. The molecule has 3 aromatic rings. The zero-order valence-electron chi connectivity index (χ0n) is 9.63. The van der Waals surface area contributed by atoms with Gasteiger partial charge in [0.2, 0.25) is 5.95 Å². The van der Waals surface area contributed by atoms with Crippen LogP contribution in [0.2, 0.25) is 5.02 Å². The van der Waals surface area contributed by atoms with Crippen molar-refractivity contribution < 1.29 is 0 Å². The number of hydrogen-bond acceptors (Lipinski definition) is 4. The van der Waals surface area contributed by atoms with E-state index >= 15 is 0 Å². The summed E-state index contributed by atoms with van der Waals surface area (Å²) in [5, 5.41) is 3.37. The summed E-state index contributed by atoms with van der Waals surface area (Å²) in [6.45, 7) is 0. The van der Waals surface area contributed by atoms with E-state index in [1.54, 1.807) is 19.6 Å². The summed E-state index contributed by atoms with van der Waals surface area (Å²) >= 11 is 6.14. The molecule has 0 saturated heterocycles. The van der Waals surface area contributed by atoms with E-state index in [1.165, 1.54) is 0 Å². The van der Waals surface area contributed by atoms with Gasteiger partial charge in [-0.25, -0.2) is 9.97 Å². The lowest BCUT2D eigenvalue weighted by molar-refractivity contribution is 0.996. The van der Waals surface area contributed by atoms with Crippen LogP contribution in [-0.4, -0.2) is 26.6 Å². The molecule has 3 rings (SSSR count). The molecule has 0 aliphatic rings. The first kappa shape index (κ1) is 11.0. The molecule has 1 aromatic carbocycles. The second-order valence-corrected chi connectivity index (χ2v) is 4.13. The third-order valence-electron chi connectivity index (χ3n) is 2.63. The van der Waals surface area contributed by atoms with Gasteiger partial charge in [-0.3, -0.25) is 4.57 Å². The van der Waals surface area contributed by atoms with E-state index in [9.17, 15) is 0 Å². The zero-order valence-corrected chi connectivity index (χ0v) is 10.4. The highest BCUT2D eigenvalue weighted by Crippen LogP contribution is 2.22. The Kier molecular flexibility index (Phi) is 2.60. The van der Waals surface area contributed by atoms with Crippen molar-refractivity contribution in [3.8, 4) is 5.82 Å². The topological polar surface area (TPSA) is 55.6 Å². The van der Waals surface area contributed by atoms with E-state index in [4.69, 9.17) is 11.6 Å². The highest BCUT2D eigenvalue weighted by atomic mass is 35.5. The van der Waals surface area contributed by atoms with E-state index in [0.29, 0.717) is 16.8 Å². The average molecular weight is 260 g/mol. The van der Waals surface area contributed by atoms with Gasteiger partial charge >= 0.3 is 0 Å². The van der Waals surface area contributed by atoms with Gasteiger partial charge in [0.15, 0.2) is 5.82 Å². The molecular weight excluding hydrogens is 250 g/mol. The van der Waals surface area contributed by atoms with E-state index in [1.807, 2.05) is 28.8 Å². The number of imidazole rings is 1. The van der Waals surface area contributed by atoms with E-state index in [-0.39, 0.29) is 0 Å². The molecule has 0 fully saturated rings. The van der Waals surface area contributed by atoms with Gasteiger partial charge in [0, 0.05) is 7.05 Å². The van der Waals surface area contributed by atoms with Crippen molar-refractivity contribution in [2.24, 2.45) is 0 Å². The smallest absolute Gasteiger partial charge is 0.224 e. The van der Waals surface area contributed by atoms with Crippen LogP contribution in [0.3, 0.4) is 0 Å². The first-order valence-electron chi connectivity index (χ1n) is 5.42. The van der Waals surface area contributed by atoms with Gasteiger partial charge in [-0.05, 0) is 12.1 Å². The third kappa shape index (κ3) is 1.69. The van der Waals surface area contributed by atoms with E-state index in [2.05, 4.69) is 20.3 Å². The molecule has 2 aromatic heterocycles. The van der Waals surface area contributed by atoms with Crippen molar-refractivity contribution >= 4 is 28.6 Å². The largest absolute Gasteiger partial charge is 0.357 e. The summed E-state index contributed by atoms with van der Waals surface area (Å²) in [6.07, 6.45) is 3.28. The van der Waals surface area contributed by atoms with Crippen LogP contribution < -0.4 is 5.32 Å².